The number of ether oxygens (including phenoxy) is 1. The smallest absolute Gasteiger partial charge is 0.422 e. The van der Waals surface area contributed by atoms with E-state index in [0.717, 1.165) is 0 Å². The van der Waals surface area contributed by atoms with Crippen molar-refractivity contribution in [3.63, 3.8) is 0 Å². The first kappa shape index (κ1) is 19.8. The minimum Gasteiger partial charge on any atom is -0.482 e. The van der Waals surface area contributed by atoms with Gasteiger partial charge < -0.3 is 19.4 Å². The number of hydrogen-bond acceptors (Lipinski definition) is 4. The number of rotatable bonds is 5. The van der Waals surface area contributed by atoms with Crippen molar-refractivity contribution >= 4 is 17.5 Å². The summed E-state index contributed by atoms with van der Waals surface area (Å²) < 4.78 is 47.1. The molecule has 2 amide bonds. The van der Waals surface area contributed by atoms with E-state index in [1.807, 2.05) is 0 Å². The van der Waals surface area contributed by atoms with E-state index in [9.17, 15) is 22.8 Å². The lowest BCUT2D eigenvalue weighted by Gasteiger charge is -2.31. The van der Waals surface area contributed by atoms with Gasteiger partial charge in [-0.2, -0.15) is 13.2 Å². The predicted molar refractivity (Wildman–Crippen MR) is 94.0 cm³/mol. The molecule has 9 heteroatoms. The molecule has 150 valence electrons. The zero-order valence-electron chi connectivity index (χ0n) is 14.9. The van der Waals surface area contributed by atoms with Crippen LogP contribution < -0.4 is 10.1 Å². The zero-order chi connectivity index (χ0) is 20.1. The Morgan fingerprint density at radius 1 is 1.21 bits per heavy atom. The summed E-state index contributed by atoms with van der Waals surface area (Å²) in [5.41, 5.74) is 0.159. The number of likely N-dealkylation sites (tertiary alicyclic amines) is 1. The van der Waals surface area contributed by atoms with E-state index in [1.54, 1.807) is 23.1 Å². The van der Waals surface area contributed by atoms with Crippen LogP contribution in [-0.2, 0) is 4.79 Å². The van der Waals surface area contributed by atoms with Crippen LogP contribution in [0.15, 0.2) is 47.1 Å². The predicted octanol–water partition coefficient (Wildman–Crippen LogP) is 3.71. The van der Waals surface area contributed by atoms with E-state index in [0.29, 0.717) is 19.4 Å². The van der Waals surface area contributed by atoms with Crippen molar-refractivity contribution in [3.05, 3.63) is 48.4 Å². The molecule has 1 N–H and O–H groups in total. The Hall–Kier alpha value is -2.97. The molecule has 2 heterocycles. The summed E-state index contributed by atoms with van der Waals surface area (Å²) in [6, 6.07) is 9.10. The number of nitrogens with zero attached hydrogens (tertiary/aromatic N) is 1. The molecule has 0 bridgehead atoms. The van der Waals surface area contributed by atoms with Crippen molar-refractivity contribution in [2.75, 3.05) is 25.0 Å². The van der Waals surface area contributed by atoms with Gasteiger partial charge in [-0.3, -0.25) is 9.59 Å². The summed E-state index contributed by atoms with van der Waals surface area (Å²) in [7, 11) is 0. The molecule has 0 saturated carbocycles. The Morgan fingerprint density at radius 3 is 2.71 bits per heavy atom. The lowest BCUT2D eigenvalue weighted by molar-refractivity contribution is -0.153. The molecule has 1 atom stereocenters. The molecule has 1 aliphatic heterocycles. The lowest BCUT2D eigenvalue weighted by Crippen LogP contribution is -2.43. The third-order valence-electron chi connectivity index (χ3n) is 4.35. The molecule has 1 aromatic heterocycles. The number of alkyl halides is 3. The fraction of sp³-hybridized carbons (Fsp3) is 0.368. The number of amides is 2. The second kappa shape index (κ2) is 8.37. The lowest BCUT2D eigenvalue weighted by atomic mass is 9.96. The normalized spacial score (nSPS) is 17.2. The molecular formula is C19H19F3N2O4. The fourth-order valence-electron chi connectivity index (χ4n) is 3.02. The van der Waals surface area contributed by atoms with Gasteiger partial charge in [0.2, 0.25) is 5.91 Å². The molecule has 0 aliphatic carbocycles. The number of piperidine rings is 1. The maximum atomic E-state index is 12.6. The first-order chi connectivity index (χ1) is 13.3. The molecule has 6 nitrogen and oxygen atoms in total. The average molecular weight is 396 g/mol. The van der Waals surface area contributed by atoms with Crippen molar-refractivity contribution in [1.82, 2.24) is 4.90 Å². The summed E-state index contributed by atoms with van der Waals surface area (Å²) in [5, 5.41) is 2.62. The Bertz CT molecular complexity index is 821. The second-order valence-electron chi connectivity index (χ2n) is 6.46. The monoisotopic (exact) mass is 396 g/mol. The number of para-hydroxylation sites is 2. The van der Waals surface area contributed by atoms with Crippen LogP contribution in [0.25, 0.3) is 0 Å². The van der Waals surface area contributed by atoms with Crippen molar-refractivity contribution in [2.24, 2.45) is 5.92 Å². The fourth-order valence-corrected chi connectivity index (χ4v) is 3.02. The van der Waals surface area contributed by atoms with Crippen LogP contribution in [0.4, 0.5) is 18.9 Å². The SMILES string of the molecule is O=C(Nc1ccccc1OCC(F)(F)F)C1CCCN(C(=O)c2ccco2)C1. The first-order valence-corrected chi connectivity index (χ1v) is 8.76. The number of nitrogens with one attached hydrogen (secondary N) is 1. The van der Waals surface area contributed by atoms with Crippen molar-refractivity contribution in [3.8, 4) is 5.75 Å². The highest BCUT2D eigenvalue weighted by Gasteiger charge is 2.31. The van der Waals surface area contributed by atoms with Gasteiger partial charge in [-0.1, -0.05) is 12.1 Å². The third-order valence-corrected chi connectivity index (χ3v) is 4.35. The first-order valence-electron chi connectivity index (χ1n) is 8.76. The summed E-state index contributed by atoms with van der Waals surface area (Å²) in [6.07, 6.45) is -1.87. The van der Waals surface area contributed by atoms with Crippen LogP contribution in [-0.4, -0.2) is 42.6 Å². The van der Waals surface area contributed by atoms with E-state index >= 15 is 0 Å². The van der Waals surface area contributed by atoms with Gasteiger partial charge in [0.05, 0.1) is 17.9 Å². The Labute approximate surface area is 159 Å². The van der Waals surface area contributed by atoms with Crippen LogP contribution >= 0.6 is 0 Å². The van der Waals surface area contributed by atoms with Gasteiger partial charge in [-0.25, -0.2) is 0 Å². The highest BCUT2D eigenvalue weighted by molar-refractivity contribution is 5.95. The van der Waals surface area contributed by atoms with E-state index in [1.165, 1.54) is 24.5 Å². The van der Waals surface area contributed by atoms with Gasteiger partial charge in [0.1, 0.15) is 5.75 Å². The quantitative estimate of drug-likeness (QED) is 0.836. The maximum absolute atomic E-state index is 12.6. The number of halogens is 3. The van der Waals surface area contributed by atoms with E-state index in [-0.39, 0.29) is 35.6 Å². The minimum atomic E-state index is -4.48. The molecule has 1 aromatic carbocycles. The zero-order valence-corrected chi connectivity index (χ0v) is 14.9. The number of hydrogen-bond donors (Lipinski definition) is 1. The molecule has 28 heavy (non-hydrogen) atoms. The Kier molecular flexibility index (Phi) is 5.91. The highest BCUT2D eigenvalue weighted by Crippen LogP contribution is 2.28. The number of benzene rings is 1. The van der Waals surface area contributed by atoms with Crippen LogP contribution in [0.1, 0.15) is 23.4 Å². The van der Waals surface area contributed by atoms with Gasteiger partial charge in [-0.05, 0) is 37.1 Å². The molecule has 2 aromatic rings. The Balaban J connectivity index is 1.64. The maximum Gasteiger partial charge on any atom is 0.422 e. The van der Waals surface area contributed by atoms with Gasteiger partial charge in [0.25, 0.3) is 5.91 Å². The van der Waals surface area contributed by atoms with E-state index in [2.05, 4.69) is 5.32 Å². The van der Waals surface area contributed by atoms with Crippen LogP contribution in [0.3, 0.4) is 0 Å². The summed E-state index contributed by atoms with van der Waals surface area (Å²) in [4.78, 5) is 26.6. The summed E-state index contributed by atoms with van der Waals surface area (Å²) in [6.45, 7) is -0.736. The van der Waals surface area contributed by atoms with Gasteiger partial charge >= 0.3 is 6.18 Å². The van der Waals surface area contributed by atoms with Crippen molar-refractivity contribution < 1.29 is 31.9 Å². The summed E-state index contributed by atoms with van der Waals surface area (Å²) in [5.74, 6) is -1.01. The van der Waals surface area contributed by atoms with Crippen LogP contribution in [0.5, 0.6) is 5.75 Å². The Morgan fingerprint density at radius 2 is 2.00 bits per heavy atom. The molecule has 3 rings (SSSR count). The number of anilines is 1. The molecule has 1 aliphatic rings. The molecule has 1 fully saturated rings. The third kappa shape index (κ3) is 5.05. The van der Waals surface area contributed by atoms with Gasteiger partial charge in [0.15, 0.2) is 12.4 Å². The molecular weight excluding hydrogens is 377 g/mol. The van der Waals surface area contributed by atoms with Crippen molar-refractivity contribution in [1.29, 1.82) is 0 Å². The van der Waals surface area contributed by atoms with Gasteiger partial charge in [0, 0.05) is 13.1 Å². The average Bonchev–Trinajstić information content (AvgIpc) is 3.21. The van der Waals surface area contributed by atoms with E-state index in [4.69, 9.17) is 9.15 Å². The number of carbonyl (C=O) groups is 2. The number of carbonyl (C=O) groups excluding carboxylic acids is 2. The van der Waals surface area contributed by atoms with Gasteiger partial charge in [-0.15, -0.1) is 0 Å². The second-order valence-corrected chi connectivity index (χ2v) is 6.46. The van der Waals surface area contributed by atoms with Crippen molar-refractivity contribution in [2.45, 2.75) is 19.0 Å². The molecule has 0 radical (unpaired) electrons. The summed E-state index contributed by atoms with van der Waals surface area (Å²) >= 11 is 0. The topological polar surface area (TPSA) is 71.8 Å². The van der Waals surface area contributed by atoms with Crippen LogP contribution in [0, 0.1) is 5.92 Å². The molecule has 0 spiro atoms. The highest BCUT2D eigenvalue weighted by atomic mass is 19.4. The standard InChI is InChI=1S/C19H19F3N2O4/c20-19(21,22)12-28-15-7-2-1-6-14(15)23-17(25)13-5-3-9-24(11-13)18(26)16-8-4-10-27-16/h1-2,4,6-8,10,13H,3,5,9,11-12H2,(H,23,25). The van der Waals surface area contributed by atoms with E-state index < -0.39 is 18.7 Å². The van der Waals surface area contributed by atoms with Crippen LogP contribution in [0.2, 0.25) is 0 Å². The minimum absolute atomic E-state index is 0.0625. The molecule has 1 unspecified atom stereocenters. The molecule has 1 saturated heterocycles. The number of furan rings is 1. The largest absolute Gasteiger partial charge is 0.482 e.